The quantitative estimate of drug-likeness (QED) is 0.803. The molecule has 20 heavy (non-hydrogen) atoms. The number of carbonyl (C=O) groups is 1. The van der Waals surface area contributed by atoms with Crippen molar-refractivity contribution in [2.24, 2.45) is 0 Å². The highest BCUT2D eigenvalue weighted by molar-refractivity contribution is 7.22. The molecule has 1 aromatic carbocycles. The van der Waals surface area contributed by atoms with Gasteiger partial charge in [-0.15, -0.1) is 0 Å². The monoisotopic (exact) mass is 286 g/mol. The lowest BCUT2D eigenvalue weighted by atomic mass is 10.3. The van der Waals surface area contributed by atoms with Crippen LogP contribution in [0.15, 0.2) is 36.5 Å². The van der Waals surface area contributed by atoms with E-state index in [1.807, 2.05) is 38.1 Å². The number of rotatable bonds is 3. The van der Waals surface area contributed by atoms with Crippen LogP contribution in [0.1, 0.15) is 30.4 Å². The Morgan fingerprint density at radius 2 is 2.10 bits per heavy atom. The molecular weight excluding hydrogens is 272 g/mol. The van der Waals surface area contributed by atoms with E-state index in [2.05, 4.69) is 15.4 Å². The zero-order chi connectivity index (χ0) is 14.1. The first kappa shape index (κ1) is 12.8. The first-order valence-corrected chi connectivity index (χ1v) is 7.17. The minimum Gasteiger partial charge on any atom is -0.296 e. The van der Waals surface area contributed by atoms with E-state index in [1.165, 1.54) is 11.3 Å². The molecule has 1 amide bonds. The molecule has 1 N–H and O–H groups in total. The predicted molar refractivity (Wildman–Crippen MR) is 80.2 cm³/mol. The summed E-state index contributed by atoms with van der Waals surface area (Å²) in [7, 11) is 0. The summed E-state index contributed by atoms with van der Waals surface area (Å²) in [5.41, 5.74) is 1.29. The van der Waals surface area contributed by atoms with Crippen LogP contribution in [-0.4, -0.2) is 20.7 Å². The predicted octanol–water partition coefficient (Wildman–Crippen LogP) is 3.33. The Balaban J connectivity index is 1.80. The van der Waals surface area contributed by atoms with Crippen molar-refractivity contribution in [3.63, 3.8) is 0 Å². The molecule has 6 heteroatoms. The lowest BCUT2D eigenvalue weighted by Crippen LogP contribution is -2.13. The number of para-hydroxylation sites is 1. The van der Waals surface area contributed by atoms with Gasteiger partial charge in [0.15, 0.2) is 10.8 Å². The molecule has 0 atom stereocenters. The number of anilines is 1. The van der Waals surface area contributed by atoms with Gasteiger partial charge in [-0.2, -0.15) is 5.10 Å². The summed E-state index contributed by atoms with van der Waals surface area (Å²) >= 11 is 1.46. The number of hydrogen-bond donors (Lipinski definition) is 1. The molecule has 0 bridgehead atoms. The molecule has 0 radical (unpaired) electrons. The van der Waals surface area contributed by atoms with Gasteiger partial charge < -0.3 is 0 Å². The van der Waals surface area contributed by atoms with Crippen molar-refractivity contribution >= 4 is 32.6 Å². The second-order valence-electron chi connectivity index (χ2n) is 4.72. The van der Waals surface area contributed by atoms with Gasteiger partial charge in [0.05, 0.1) is 10.2 Å². The fourth-order valence-electron chi connectivity index (χ4n) is 1.83. The standard InChI is InChI=1S/C14H14N4OS/c1-9(2)18-8-7-11(17-18)13(19)16-14-15-10-5-3-4-6-12(10)20-14/h3-9H,1-2H3,(H,15,16,19). The number of amides is 1. The third-order valence-electron chi connectivity index (χ3n) is 2.88. The highest BCUT2D eigenvalue weighted by Crippen LogP contribution is 2.25. The van der Waals surface area contributed by atoms with E-state index in [0.29, 0.717) is 10.8 Å². The topological polar surface area (TPSA) is 59.8 Å². The normalized spacial score (nSPS) is 11.2. The lowest BCUT2D eigenvalue weighted by Gasteiger charge is -2.03. The molecule has 0 saturated carbocycles. The molecule has 3 rings (SSSR count). The maximum absolute atomic E-state index is 12.1. The number of thiazole rings is 1. The molecule has 102 valence electrons. The largest absolute Gasteiger partial charge is 0.296 e. The molecule has 0 aliphatic rings. The van der Waals surface area contributed by atoms with Crippen LogP contribution < -0.4 is 5.32 Å². The van der Waals surface area contributed by atoms with Gasteiger partial charge in [0, 0.05) is 12.2 Å². The van der Waals surface area contributed by atoms with Crippen LogP contribution in [0.5, 0.6) is 0 Å². The first-order valence-electron chi connectivity index (χ1n) is 6.35. The number of fused-ring (bicyclic) bond motifs is 1. The molecule has 2 heterocycles. The summed E-state index contributed by atoms with van der Waals surface area (Å²) in [4.78, 5) is 16.5. The molecule has 0 spiro atoms. The van der Waals surface area contributed by atoms with Crippen molar-refractivity contribution < 1.29 is 4.79 Å². The zero-order valence-electron chi connectivity index (χ0n) is 11.2. The van der Waals surface area contributed by atoms with Crippen molar-refractivity contribution in [2.45, 2.75) is 19.9 Å². The molecule has 5 nitrogen and oxygen atoms in total. The van der Waals surface area contributed by atoms with Crippen LogP contribution in [-0.2, 0) is 0 Å². The van der Waals surface area contributed by atoms with E-state index < -0.39 is 0 Å². The van der Waals surface area contributed by atoms with Gasteiger partial charge in [-0.3, -0.25) is 14.8 Å². The second kappa shape index (κ2) is 5.05. The lowest BCUT2D eigenvalue weighted by molar-refractivity contribution is 0.102. The van der Waals surface area contributed by atoms with Gasteiger partial charge in [-0.1, -0.05) is 23.5 Å². The average Bonchev–Trinajstić information content (AvgIpc) is 3.04. The van der Waals surface area contributed by atoms with Crippen molar-refractivity contribution in [3.8, 4) is 0 Å². The van der Waals surface area contributed by atoms with Gasteiger partial charge in [-0.05, 0) is 32.0 Å². The van der Waals surface area contributed by atoms with Crippen LogP contribution in [0, 0.1) is 0 Å². The van der Waals surface area contributed by atoms with E-state index >= 15 is 0 Å². The summed E-state index contributed by atoms with van der Waals surface area (Å²) in [6.45, 7) is 4.03. The summed E-state index contributed by atoms with van der Waals surface area (Å²) in [5.74, 6) is -0.233. The molecule has 0 fully saturated rings. The minimum absolute atomic E-state index is 0.233. The fourth-order valence-corrected chi connectivity index (χ4v) is 2.69. The third kappa shape index (κ3) is 2.42. The van der Waals surface area contributed by atoms with Gasteiger partial charge in [0.2, 0.25) is 0 Å². The van der Waals surface area contributed by atoms with E-state index in [-0.39, 0.29) is 11.9 Å². The number of nitrogens with one attached hydrogen (secondary N) is 1. The average molecular weight is 286 g/mol. The minimum atomic E-state index is -0.233. The summed E-state index contributed by atoms with van der Waals surface area (Å²) in [6, 6.07) is 9.74. The van der Waals surface area contributed by atoms with E-state index in [9.17, 15) is 4.79 Å². The van der Waals surface area contributed by atoms with Crippen molar-refractivity contribution in [3.05, 3.63) is 42.2 Å². The molecule has 0 unspecified atom stereocenters. The molecule has 3 aromatic rings. The van der Waals surface area contributed by atoms with E-state index in [4.69, 9.17) is 0 Å². The number of hydrogen-bond acceptors (Lipinski definition) is 4. The highest BCUT2D eigenvalue weighted by Gasteiger charge is 2.13. The fraction of sp³-hybridized carbons (Fsp3) is 0.214. The van der Waals surface area contributed by atoms with Crippen LogP contribution in [0.4, 0.5) is 5.13 Å². The molecule has 2 aromatic heterocycles. The van der Waals surface area contributed by atoms with Crippen LogP contribution in [0.2, 0.25) is 0 Å². The Morgan fingerprint density at radius 3 is 2.80 bits per heavy atom. The molecule has 0 aliphatic carbocycles. The number of aromatic nitrogens is 3. The Bertz CT molecular complexity index is 726. The Labute approximate surface area is 120 Å². The first-order chi connectivity index (χ1) is 9.63. The van der Waals surface area contributed by atoms with Crippen molar-refractivity contribution in [1.29, 1.82) is 0 Å². The Morgan fingerprint density at radius 1 is 1.30 bits per heavy atom. The zero-order valence-corrected chi connectivity index (χ0v) is 12.0. The smallest absolute Gasteiger partial charge is 0.277 e. The number of nitrogens with zero attached hydrogens (tertiary/aromatic N) is 3. The van der Waals surface area contributed by atoms with Crippen LogP contribution >= 0.6 is 11.3 Å². The van der Waals surface area contributed by atoms with E-state index in [0.717, 1.165) is 10.2 Å². The maximum Gasteiger partial charge on any atom is 0.277 e. The van der Waals surface area contributed by atoms with Gasteiger partial charge in [-0.25, -0.2) is 4.98 Å². The Hall–Kier alpha value is -2.21. The second-order valence-corrected chi connectivity index (χ2v) is 5.75. The summed E-state index contributed by atoms with van der Waals surface area (Å²) in [6.07, 6.45) is 1.80. The molecular formula is C14H14N4OS. The summed E-state index contributed by atoms with van der Waals surface area (Å²) < 4.78 is 2.81. The van der Waals surface area contributed by atoms with Crippen LogP contribution in [0.25, 0.3) is 10.2 Å². The van der Waals surface area contributed by atoms with Crippen molar-refractivity contribution in [2.75, 3.05) is 5.32 Å². The molecule has 0 aliphatic heterocycles. The van der Waals surface area contributed by atoms with Gasteiger partial charge in [0.25, 0.3) is 5.91 Å². The Kier molecular flexibility index (Phi) is 3.23. The van der Waals surface area contributed by atoms with E-state index in [1.54, 1.807) is 16.9 Å². The van der Waals surface area contributed by atoms with Gasteiger partial charge in [0.1, 0.15) is 0 Å². The molecule has 0 saturated heterocycles. The van der Waals surface area contributed by atoms with Crippen molar-refractivity contribution in [1.82, 2.24) is 14.8 Å². The van der Waals surface area contributed by atoms with Crippen LogP contribution in [0.3, 0.4) is 0 Å². The number of benzene rings is 1. The summed E-state index contributed by atoms with van der Waals surface area (Å²) in [5, 5.41) is 7.63. The number of carbonyl (C=O) groups excluding carboxylic acids is 1. The maximum atomic E-state index is 12.1. The third-order valence-corrected chi connectivity index (χ3v) is 3.84. The highest BCUT2D eigenvalue weighted by atomic mass is 32.1. The SMILES string of the molecule is CC(C)n1ccc(C(=O)Nc2nc3ccccc3s2)n1. The van der Waals surface area contributed by atoms with Gasteiger partial charge >= 0.3 is 0 Å².